The van der Waals surface area contributed by atoms with E-state index in [1.54, 1.807) is 0 Å². The minimum Gasteiger partial charge on any atom is -0.444 e. The summed E-state index contributed by atoms with van der Waals surface area (Å²) in [7, 11) is 0. The van der Waals surface area contributed by atoms with Crippen molar-refractivity contribution >= 4 is 28.1 Å². The summed E-state index contributed by atoms with van der Waals surface area (Å²) in [6, 6.07) is 14.3. The fourth-order valence-corrected chi connectivity index (χ4v) is 4.84. The van der Waals surface area contributed by atoms with Gasteiger partial charge in [0, 0.05) is 16.6 Å². The number of halogens is 1. The zero-order valence-corrected chi connectivity index (χ0v) is 24.0. The molecule has 0 fully saturated rings. The highest BCUT2D eigenvalue weighted by Gasteiger charge is 2.26. The smallest absolute Gasteiger partial charge is 0.407 e. The molecule has 2 aromatic carbocycles. The zero-order valence-electron chi connectivity index (χ0n) is 22.4. The summed E-state index contributed by atoms with van der Waals surface area (Å²) >= 11 is 3.46. The van der Waals surface area contributed by atoms with Gasteiger partial charge in [-0.15, -0.1) is 0 Å². The number of carbonyl (C=O) groups excluding carboxylic acids is 2. The Morgan fingerprint density at radius 3 is 1.68 bits per heavy atom. The van der Waals surface area contributed by atoms with Crippen LogP contribution in [0.25, 0.3) is 0 Å². The monoisotopic (exact) mass is 569 g/mol. The van der Waals surface area contributed by atoms with E-state index >= 15 is 0 Å². The normalized spacial score (nSPS) is 17.9. The van der Waals surface area contributed by atoms with Crippen LogP contribution in [0, 0.1) is 11.3 Å². The molecule has 4 rings (SSSR count). The van der Waals surface area contributed by atoms with Gasteiger partial charge in [0.05, 0.1) is 11.6 Å². The number of rotatable bonds is 2. The van der Waals surface area contributed by atoms with Crippen molar-refractivity contribution in [3.05, 3.63) is 68.7 Å². The predicted octanol–water partition coefficient (Wildman–Crippen LogP) is 5.99. The Morgan fingerprint density at radius 1 is 0.784 bits per heavy atom. The molecule has 2 N–H and O–H groups in total. The summed E-state index contributed by atoms with van der Waals surface area (Å²) in [5.41, 5.74) is 4.67. The van der Waals surface area contributed by atoms with Gasteiger partial charge in [-0.2, -0.15) is 5.26 Å². The number of nitrogens with zero attached hydrogens (tertiary/aromatic N) is 1. The molecule has 0 spiro atoms. The van der Waals surface area contributed by atoms with Crippen molar-refractivity contribution in [2.75, 3.05) is 0 Å². The minimum absolute atomic E-state index is 0.0544. The second-order valence-corrected chi connectivity index (χ2v) is 12.4. The summed E-state index contributed by atoms with van der Waals surface area (Å²) in [6.07, 6.45) is 2.57. The van der Waals surface area contributed by atoms with Crippen LogP contribution >= 0.6 is 15.9 Å². The van der Waals surface area contributed by atoms with E-state index in [-0.39, 0.29) is 24.3 Å². The number of carbonyl (C=O) groups is 2. The lowest BCUT2D eigenvalue weighted by molar-refractivity contribution is 0.0494. The van der Waals surface area contributed by atoms with Crippen molar-refractivity contribution in [2.45, 2.75) is 90.5 Å². The number of nitriles is 1. The number of hydrogen-bond donors (Lipinski definition) is 2. The maximum atomic E-state index is 11.7. The second kappa shape index (κ2) is 11.6. The molecule has 0 aliphatic heterocycles. The molecule has 37 heavy (non-hydrogen) atoms. The lowest BCUT2D eigenvalue weighted by atomic mass is 10.1. The topological polar surface area (TPSA) is 100 Å². The molecule has 2 aliphatic carbocycles. The number of hydrogen-bond acceptors (Lipinski definition) is 5. The van der Waals surface area contributed by atoms with Crippen molar-refractivity contribution in [3.63, 3.8) is 0 Å². The van der Waals surface area contributed by atoms with E-state index in [1.807, 2.05) is 65.8 Å². The maximum Gasteiger partial charge on any atom is 0.407 e. The molecule has 2 unspecified atom stereocenters. The molecule has 8 heteroatoms. The molecule has 0 saturated carbocycles. The minimum atomic E-state index is -0.483. The summed E-state index contributed by atoms with van der Waals surface area (Å²) < 4.78 is 11.6. The van der Waals surface area contributed by atoms with Crippen LogP contribution in [0.3, 0.4) is 0 Å². The zero-order chi connectivity index (χ0) is 27.4. The van der Waals surface area contributed by atoms with Crippen molar-refractivity contribution in [2.24, 2.45) is 0 Å². The van der Waals surface area contributed by atoms with Crippen molar-refractivity contribution in [1.29, 1.82) is 5.26 Å². The maximum absolute atomic E-state index is 11.7. The number of alkyl carbamates (subject to hydrolysis) is 2. The lowest BCUT2D eigenvalue weighted by Gasteiger charge is -2.21. The molecule has 0 heterocycles. The van der Waals surface area contributed by atoms with E-state index in [0.717, 1.165) is 35.7 Å². The van der Waals surface area contributed by atoms with Crippen molar-refractivity contribution in [1.82, 2.24) is 10.6 Å². The Kier molecular flexibility index (Phi) is 8.91. The first-order valence-corrected chi connectivity index (χ1v) is 13.3. The third-order valence-corrected chi connectivity index (χ3v) is 6.30. The van der Waals surface area contributed by atoms with Gasteiger partial charge in [-0.3, -0.25) is 0 Å². The van der Waals surface area contributed by atoms with Gasteiger partial charge in [0.2, 0.25) is 0 Å². The lowest BCUT2D eigenvalue weighted by Crippen LogP contribution is -2.39. The fourth-order valence-electron chi connectivity index (χ4n) is 4.43. The molecule has 0 aromatic heterocycles. The molecule has 0 bridgehead atoms. The van der Waals surface area contributed by atoms with E-state index in [1.165, 1.54) is 16.7 Å². The third-order valence-electron chi connectivity index (χ3n) is 5.81. The summed E-state index contributed by atoms with van der Waals surface area (Å²) in [5, 5.41) is 14.7. The third kappa shape index (κ3) is 9.08. The standard InChI is InChI=1S/C15H18N2O2.C14H18BrNO2/c1-15(2,3)19-14(18)17-13-7-11-5-4-10(9-16)6-12(11)8-13;1-14(2,3)18-13(17)16-12-7-9-4-5-11(15)6-10(9)8-12/h4-6,13H,7-8H2,1-3H3,(H,17,18);4-6,12H,7-8H2,1-3H3,(H,16,17). The molecule has 2 aliphatic rings. The van der Waals surface area contributed by atoms with Crippen LogP contribution in [0.1, 0.15) is 69.4 Å². The van der Waals surface area contributed by atoms with Crippen LogP contribution in [0.4, 0.5) is 9.59 Å². The number of amides is 2. The van der Waals surface area contributed by atoms with Gasteiger partial charge in [-0.1, -0.05) is 28.1 Å². The van der Waals surface area contributed by atoms with Gasteiger partial charge >= 0.3 is 12.2 Å². The molecular formula is C29H36BrN3O4. The van der Waals surface area contributed by atoms with Crippen LogP contribution in [-0.2, 0) is 35.2 Å². The number of benzene rings is 2. The van der Waals surface area contributed by atoms with E-state index < -0.39 is 11.2 Å². The average Bonchev–Trinajstić information content (AvgIpc) is 3.32. The SMILES string of the molecule is CC(C)(C)OC(=O)NC1Cc2ccc(Br)cc2C1.CC(C)(C)OC(=O)NC1Cc2ccc(C#N)cc2C1. The van der Waals surface area contributed by atoms with Gasteiger partial charge in [0.1, 0.15) is 11.2 Å². The molecule has 198 valence electrons. The molecule has 2 amide bonds. The average molecular weight is 571 g/mol. The summed E-state index contributed by atoms with van der Waals surface area (Å²) in [4.78, 5) is 23.4. The van der Waals surface area contributed by atoms with E-state index in [9.17, 15) is 9.59 Å². The highest BCUT2D eigenvalue weighted by Crippen LogP contribution is 2.26. The molecule has 2 atom stereocenters. The van der Waals surface area contributed by atoms with Crippen molar-refractivity contribution < 1.29 is 19.1 Å². The van der Waals surface area contributed by atoms with E-state index in [2.05, 4.69) is 44.8 Å². The number of ether oxygens (including phenoxy) is 2. The van der Waals surface area contributed by atoms with Crippen LogP contribution in [0.5, 0.6) is 0 Å². The van der Waals surface area contributed by atoms with Crippen LogP contribution in [-0.4, -0.2) is 35.5 Å². The van der Waals surface area contributed by atoms with Crippen LogP contribution in [0.2, 0.25) is 0 Å². The molecular weight excluding hydrogens is 534 g/mol. The summed E-state index contributed by atoms with van der Waals surface area (Å²) in [5.74, 6) is 0. The Bertz CT molecular complexity index is 1190. The highest BCUT2D eigenvalue weighted by atomic mass is 79.9. The predicted molar refractivity (Wildman–Crippen MR) is 146 cm³/mol. The highest BCUT2D eigenvalue weighted by molar-refractivity contribution is 9.10. The first-order chi connectivity index (χ1) is 17.2. The Labute approximate surface area is 228 Å². The van der Waals surface area contributed by atoms with Crippen LogP contribution in [0.15, 0.2) is 40.9 Å². The van der Waals surface area contributed by atoms with Gasteiger partial charge in [-0.05, 0) is 114 Å². The quantitative estimate of drug-likeness (QED) is 0.462. The first-order valence-electron chi connectivity index (χ1n) is 12.5. The fraction of sp³-hybridized carbons (Fsp3) is 0.483. The Hall–Kier alpha value is -3.05. The van der Waals surface area contributed by atoms with Crippen LogP contribution < -0.4 is 10.6 Å². The molecule has 0 radical (unpaired) electrons. The van der Waals surface area contributed by atoms with Crippen molar-refractivity contribution in [3.8, 4) is 6.07 Å². The van der Waals surface area contributed by atoms with Gasteiger partial charge in [0.25, 0.3) is 0 Å². The summed E-state index contributed by atoms with van der Waals surface area (Å²) in [6.45, 7) is 11.1. The van der Waals surface area contributed by atoms with Gasteiger partial charge < -0.3 is 20.1 Å². The van der Waals surface area contributed by atoms with Gasteiger partial charge in [0.15, 0.2) is 0 Å². The first kappa shape index (κ1) is 28.5. The van der Waals surface area contributed by atoms with Gasteiger partial charge in [-0.25, -0.2) is 9.59 Å². The van der Waals surface area contributed by atoms with E-state index in [4.69, 9.17) is 14.7 Å². The number of nitrogens with one attached hydrogen (secondary N) is 2. The largest absolute Gasteiger partial charge is 0.444 e. The molecule has 0 saturated heterocycles. The second-order valence-electron chi connectivity index (χ2n) is 11.5. The molecule has 7 nitrogen and oxygen atoms in total. The number of fused-ring (bicyclic) bond motifs is 2. The Morgan fingerprint density at radius 2 is 1.22 bits per heavy atom. The Balaban J connectivity index is 0.000000206. The molecule has 2 aromatic rings. The van der Waals surface area contributed by atoms with E-state index in [0.29, 0.717) is 5.56 Å².